The van der Waals surface area contributed by atoms with Crippen molar-refractivity contribution in [3.63, 3.8) is 0 Å². The Morgan fingerprint density at radius 2 is 1.00 bits per heavy atom. The van der Waals surface area contributed by atoms with E-state index < -0.39 is 18.0 Å². The largest absolute Gasteiger partial charge is 0.126 e. The molecule has 1 aliphatic carbocycles. The van der Waals surface area contributed by atoms with Crippen LogP contribution < -0.4 is 0 Å². The van der Waals surface area contributed by atoms with Gasteiger partial charge in [-0.25, -0.2) is 12.1 Å². The Hall–Kier alpha value is -3.13. The van der Waals surface area contributed by atoms with Gasteiger partial charge in [0, 0.05) is 0 Å². The van der Waals surface area contributed by atoms with Gasteiger partial charge >= 0.3 is 41.9 Å². The summed E-state index contributed by atoms with van der Waals surface area (Å²) in [4.78, 5) is 0. The van der Waals surface area contributed by atoms with Crippen LogP contribution in [0.1, 0.15) is 43.0 Å². The summed E-state index contributed by atoms with van der Waals surface area (Å²) in [5.74, 6) is 0. The van der Waals surface area contributed by atoms with E-state index in [0.717, 1.165) is 12.0 Å². The first-order valence-corrected chi connectivity index (χ1v) is 25.8. The molecule has 0 amide bonds. The minimum atomic E-state index is -1.79. The Bertz CT molecular complexity index is 1850. The molecule has 7 aromatic rings. The maximum atomic E-state index is 5.15. The van der Waals surface area contributed by atoms with Gasteiger partial charge in [0.1, 0.15) is 0 Å². The topological polar surface area (TPSA) is 0 Å². The second-order valence-corrected chi connectivity index (χ2v) is 25.6. The molecule has 0 aromatic heterocycles. The SMILES string of the molecule is CC(C)(C)[c-]1cccc1.[CH2-]c1ccccc1.[Si]=[Zr]([Cl])[Cl].c1ccc2c(c1)Cc1ccccc1-2.c1ccc2c(c1)[cH-]c1ccccc12. The van der Waals surface area contributed by atoms with E-state index in [1.54, 1.807) is 0 Å². The van der Waals surface area contributed by atoms with Crippen LogP contribution in [-0.4, -0.2) is 6.88 Å². The standard InChI is InChI=1S/C13H10.C13H9.C9H13.C7H7.2ClH.Si.Zr/c2*1-3-7-12-10(5-1)9-11-6-2-4-8-13(11)12;1-9(2,3)8-6-4-5-7-8;1-7-5-3-2-4-6-7;;;;/h1-8H,9H2;1-9H;4-7H,1-3H3;2-6H,1H2;2*1H;;/q;3*-1;;;;+2/p-2. The van der Waals surface area contributed by atoms with Gasteiger partial charge < -0.3 is 0 Å². The summed E-state index contributed by atoms with van der Waals surface area (Å²) in [6.07, 6.45) is 1.10. The molecule has 0 unspecified atom stereocenters. The van der Waals surface area contributed by atoms with Crippen molar-refractivity contribution in [3.05, 3.63) is 187 Å². The molecule has 0 saturated heterocycles. The van der Waals surface area contributed by atoms with E-state index in [9.17, 15) is 0 Å². The summed E-state index contributed by atoms with van der Waals surface area (Å²) in [6.45, 7) is 13.4. The molecule has 0 bridgehead atoms. The molecule has 7 aromatic carbocycles. The predicted octanol–water partition coefficient (Wildman–Crippen LogP) is 12.5. The van der Waals surface area contributed by atoms with Gasteiger partial charge in [0.2, 0.25) is 0 Å². The maximum Gasteiger partial charge on any atom is -0.00135 e. The van der Waals surface area contributed by atoms with Crippen molar-refractivity contribution < 1.29 is 18.0 Å². The van der Waals surface area contributed by atoms with Crippen LogP contribution in [0.25, 0.3) is 32.7 Å². The molecule has 1 aliphatic rings. The second kappa shape index (κ2) is 17.7. The number of benzene rings is 5. The van der Waals surface area contributed by atoms with Crippen LogP contribution in [0.2, 0.25) is 0 Å². The molecule has 232 valence electrons. The van der Waals surface area contributed by atoms with Crippen LogP contribution in [0.3, 0.4) is 0 Å². The average molecular weight is 734 g/mol. The fraction of sp³-hybridized carbons (Fsp3) is 0.119. The summed E-state index contributed by atoms with van der Waals surface area (Å²) in [5, 5.41) is 5.39. The van der Waals surface area contributed by atoms with Gasteiger partial charge in [-0.2, -0.15) is 42.3 Å². The molecule has 0 spiro atoms. The molecule has 4 heteroatoms. The van der Waals surface area contributed by atoms with E-state index in [2.05, 4.69) is 162 Å². The van der Waals surface area contributed by atoms with E-state index in [-0.39, 0.29) is 0 Å². The second-order valence-electron chi connectivity index (χ2n) is 12.0. The summed E-state index contributed by atoms with van der Waals surface area (Å²) in [5.41, 5.74) is 8.57. The van der Waals surface area contributed by atoms with Gasteiger partial charge in [0.15, 0.2) is 0 Å². The summed E-state index contributed by atoms with van der Waals surface area (Å²) >= 11 is -1.79. The summed E-state index contributed by atoms with van der Waals surface area (Å²) in [6, 6.07) is 55.0. The quantitative estimate of drug-likeness (QED) is 0.108. The maximum absolute atomic E-state index is 5.15. The average Bonchev–Trinajstić information content (AvgIpc) is 3.80. The molecule has 0 heterocycles. The molecule has 0 nitrogen and oxygen atoms in total. The third-order valence-electron chi connectivity index (χ3n) is 7.60. The predicted molar refractivity (Wildman–Crippen MR) is 201 cm³/mol. The number of hydrogen-bond donors (Lipinski definition) is 0. The third-order valence-corrected chi connectivity index (χ3v) is 7.60. The van der Waals surface area contributed by atoms with Crippen molar-refractivity contribution in [2.24, 2.45) is 0 Å². The van der Waals surface area contributed by atoms with Crippen molar-refractivity contribution in [3.8, 4) is 11.1 Å². The minimum Gasteiger partial charge on any atom is -0.126 e. The molecular formula is C42H39Cl2SiZr-3. The van der Waals surface area contributed by atoms with Gasteiger partial charge in [-0.05, 0) is 28.7 Å². The number of halogens is 2. The van der Waals surface area contributed by atoms with Crippen LogP contribution in [0, 0.1) is 6.92 Å². The zero-order valence-corrected chi connectivity index (χ0v) is 31.7. The van der Waals surface area contributed by atoms with Crippen molar-refractivity contribution in [1.82, 2.24) is 0 Å². The number of hydrogen-bond acceptors (Lipinski definition) is 0. The van der Waals surface area contributed by atoms with E-state index in [0.29, 0.717) is 5.41 Å². The van der Waals surface area contributed by atoms with Crippen LogP contribution >= 0.6 is 17.0 Å². The fourth-order valence-electron chi connectivity index (χ4n) is 5.34. The Labute approximate surface area is 291 Å². The monoisotopic (exact) mass is 731 g/mol. The van der Waals surface area contributed by atoms with Crippen molar-refractivity contribution in [1.29, 1.82) is 0 Å². The van der Waals surface area contributed by atoms with Crippen molar-refractivity contribution in [2.75, 3.05) is 0 Å². The molecule has 0 saturated carbocycles. The van der Waals surface area contributed by atoms with Gasteiger partial charge in [0.05, 0.1) is 0 Å². The van der Waals surface area contributed by atoms with E-state index >= 15 is 0 Å². The van der Waals surface area contributed by atoms with E-state index in [4.69, 9.17) is 17.0 Å². The molecule has 0 aliphatic heterocycles. The smallest absolute Gasteiger partial charge is 0.00135 e. The van der Waals surface area contributed by atoms with Crippen LogP contribution in [-0.2, 0) is 29.8 Å². The van der Waals surface area contributed by atoms with Crippen molar-refractivity contribution >= 4 is 45.4 Å². The van der Waals surface area contributed by atoms with E-state index in [1.165, 1.54) is 49.4 Å². The Morgan fingerprint density at radius 3 is 1.39 bits per heavy atom. The first-order valence-electron chi connectivity index (χ1n) is 15.3. The molecule has 46 heavy (non-hydrogen) atoms. The molecule has 8 rings (SSSR count). The molecule has 0 atom stereocenters. The minimum absolute atomic E-state index is 0.323. The Morgan fingerprint density at radius 1 is 0.609 bits per heavy atom. The van der Waals surface area contributed by atoms with Gasteiger partial charge in [-0.1, -0.05) is 117 Å². The van der Waals surface area contributed by atoms with Crippen molar-refractivity contribution in [2.45, 2.75) is 32.6 Å². The van der Waals surface area contributed by atoms with Crippen LogP contribution in [0.4, 0.5) is 0 Å². The summed E-state index contributed by atoms with van der Waals surface area (Å²) < 4.78 is 0. The molecule has 0 fully saturated rings. The zero-order chi connectivity index (χ0) is 32.9. The summed E-state index contributed by atoms with van der Waals surface area (Å²) in [7, 11) is 10.3. The molecule has 2 radical (unpaired) electrons. The fourth-order valence-corrected chi connectivity index (χ4v) is 5.34. The van der Waals surface area contributed by atoms with Crippen LogP contribution in [0.5, 0.6) is 0 Å². The Balaban J connectivity index is 0.000000138. The van der Waals surface area contributed by atoms with Gasteiger partial charge in [-0.3, -0.25) is 0 Å². The number of rotatable bonds is 0. The first kappa shape index (κ1) is 35.7. The Kier molecular flexibility index (Phi) is 13.7. The normalized spacial score (nSPS) is 10.8. The third kappa shape index (κ3) is 10.7. The zero-order valence-electron chi connectivity index (χ0n) is 26.7. The van der Waals surface area contributed by atoms with Gasteiger partial charge in [0.25, 0.3) is 0 Å². The first-order chi connectivity index (χ1) is 22.1. The van der Waals surface area contributed by atoms with Gasteiger partial charge in [-0.15, -0.1) is 51.9 Å². The van der Waals surface area contributed by atoms with Crippen LogP contribution in [0.15, 0.2) is 158 Å². The molecular weight excluding hydrogens is 695 g/mol. The molecule has 0 N–H and O–H groups in total. The van der Waals surface area contributed by atoms with E-state index in [1.807, 2.05) is 30.3 Å². The number of fused-ring (bicyclic) bond motifs is 6.